The molecule has 98 valence electrons. The van der Waals surface area contributed by atoms with E-state index in [-0.39, 0.29) is 5.82 Å². The van der Waals surface area contributed by atoms with E-state index in [0.29, 0.717) is 16.2 Å². The number of rotatable bonds is 3. The average molecular weight is 322 g/mol. The van der Waals surface area contributed by atoms with E-state index >= 15 is 0 Å². The summed E-state index contributed by atoms with van der Waals surface area (Å²) in [5.74, 6) is 1.70. The molecule has 0 unspecified atom stereocenters. The van der Waals surface area contributed by atoms with Crippen molar-refractivity contribution >= 4 is 21.7 Å². The fourth-order valence-corrected chi connectivity index (χ4v) is 2.33. The van der Waals surface area contributed by atoms with Gasteiger partial charge in [-0.3, -0.25) is 0 Å². The number of nitrogens with zero attached hydrogens (tertiary/aromatic N) is 2. The summed E-state index contributed by atoms with van der Waals surface area (Å²) in [5, 5.41) is 3.05. The van der Waals surface area contributed by atoms with Crippen LogP contribution in [0.25, 0.3) is 11.4 Å². The summed E-state index contributed by atoms with van der Waals surface area (Å²) < 4.78 is 13.7. The second-order valence-corrected chi connectivity index (χ2v) is 5.51. The van der Waals surface area contributed by atoms with Gasteiger partial charge in [0.2, 0.25) is 0 Å². The van der Waals surface area contributed by atoms with Crippen molar-refractivity contribution in [3.63, 3.8) is 0 Å². The zero-order valence-electron chi connectivity index (χ0n) is 10.5. The fourth-order valence-electron chi connectivity index (χ4n) is 1.95. The van der Waals surface area contributed by atoms with E-state index in [1.807, 2.05) is 13.1 Å². The molecular formula is C14H13BrFN3. The number of anilines is 1. The van der Waals surface area contributed by atoms with Gasteiger partial charge in [0, 0.05) is 30.3 Å². The molecule has 1 aromatic heterocycles. The zero-order chi connectivity index (χ0) is 13.4. The Hall–Kier alpha value is -1.49. The molecule has 1 saturated carbocycles. The molecule has 1 aromatic carbocycles. The molecule has 0 aliphatic heterocycles. The van der Waals surface area contributed by atoms with Gasteiger partial charge in [-0.15, -0.1) is 0 Å². The van der Waals surface area contributed by atoms with Crippen molar-refractivity contribution in [2.45, 2.75) is 18.8 Å². The second-order valence-electron chi connectivity index (χ2n) is 4.65. The van der Waals surface area contributed by atoms with E-state index in [2.05, 4.69) is 31.2 Å². The minimum Gasteiger partial charge on any atom is -0.373 e. The molecule has 1 aliphatic rings. The van der Waals surface area contributed by atoms with Crippen LogP contribution in [0.2, 0.25) is 0 Å². The van der Waals surface area contributed by atoms with Crippen LogP contribution in [0.3, 0.4) is 0 Å². The quantitative estimate of drug-likeness (QED) is 0.929. The number of halogens is 2. The van der Waals surface area contributed by atoms with Gasteiger partial charge in [0.25, 0.3) is 0 Å². The first-order valence-corrected chi connectivity index (χ1v) is 6.99. The van der Waals surface area contributed by atoms with Crippen LogP contribution in [-0.2, 0) is 0 Å². The molecule has 3 rings (SSSR count). The molecule has 3 nitrogen and oxygen atoms in total. The molecule has 5 heteroatoms. The predicted molar refractivity (Wildman–Crippen MR) is 76.6 cm³/mol. The molecule has 0 radical (unpaired) electrons. The number of aromatic nitrogens is 2. The Morgan fingerprint density at radius 2 is 2.05 bits per heavy atom. The summed E-state index contributed by atoms with van der Waals surface area (Å²) in [6, 6.07) is 6.82. The molecule has 0 atom stereocenters. The second kappa shape index (κ2) is 4.89. The van der Waals surface area contributed by atoms with Gasteiger partial charge in [-0.25, -0.2) is 14.4 Å². The molecule has 1 heterocycles. The van der Waals surface area contributed by atoms with Crippen molar-refractivity contribution in [1.29, 1.82) is 0 Å². The minimum absolute atomic E-state index is 0.282. The maximum atomic E-state index is 13.3. The van der Waals surface area contributed by atoms with Crippen LogP contribution in [0.4, 0.5) is 10.2 Å². The lowest BCUT2D eigenvalue weighted by Gasteiger charge is -2.08. The van der Waals surface area contributed by atoms with E-state index in [9.17, 15) is 4.39 Å². The third kappa shape index (κ3) is 2.61. The van der Waals surface area contributed by atoms with Gasteiger partial charge in [-0.1, -0.05) is 0 Å². The molecule has 1 fully saturated rings. The standard InChI is InChI=1S/C14H13BrFN3/c1-17-13-7-12(8-2-3-8)18-14(19-13)9-4-5-11(16)10(15)6-9/h4-8H,2-3H2,1H3,(H,17,18,19). The number of nitrogens with one attached hydrogen (secondary N) is 1. The van der Waals surface area contributed by atoms with Crippen molar-refractivity contribution in [2.75, 3.05) is 12.4 Å². The molecule has 1 aliphatic carbocycles. The summed E-state index contributed by atoms with van der Waals surface area (Å²) in [6.07, 6.45) is 2.37. The van der Waals surface area contributed by atoms with Crippen LogP contribution in [0, 0.1) is 5.82 Å². The van der Waals surface area contributed by atoms with Gasteiger partial charge in [0.05, 0.1) is 4.47 Å². The highest BCUT2D eigenvalue weighted by Crippen LogP contribution is 2.40. The lowest BCUT2D eigenvalue weighted by molar-refractivity contribution is 0.621. The number of hydrogen-bond donors (Lipinski definition) is 1. The Morgan fingerprint density at radius 3 is 2.68 bits per heavy atom. The minimum atomic E-state index is -0.282. The van der Waals surface area contributed by atoms with Crippen LogP contribution < -0.4 is 5.32 Å². The van der Waals surface area contributed by atoms with Crippen LogP contribution in [0.15, 0.2) is 28.7 Å². The lowest BCUT2D eigenvalue weighted by atomic mass is 10.2. The van der Waals surface area contributed by atoms with Crippen molar-refractivity contribution in [2.24, 2.45) is 0 Å². The van der Waals surface area contributed by atoms with Crippen molar-refractivity contribution in [3.8, 4) is 11.4 Å². The topological polar surface area (TPSA) is 37.8 Å². The fraction of sp³-hybridized carbons (Fsp3) is 0.286. The van der Waals surface area contributed by atoms with Crippen LogP contribution in [-0.4, -0.2) is 17.0 Å². The normalized spacial score (nSPS) is 14.5. The number of benzene rings is 1. The van der Waals surface area contributed by atoms with E-state index in [1.54, 1.807) is 12.1 Å². The van der Waals surface area contributed by atoms with Crippen molar-refractivity contribution < 1.29 is 4.39 Å². The third-order valence-corrected chi connectivity index (χ3v) is 3.78. The molecule has 0 bridgehead atoms. The highest BCUT2D eigenvalue weighted by atomic mass is 79.9. The summed E-state index contributed by atoms with van der Waals surface area (Å²) >= 11 is 3.19. The highest BCUT2D eigenvalue weighted by molar-refractivity contribution is 9.10. The maximum absolute atomic E-state index is 13.3. The molecule has 0 saturated heterocycles. The van der Waals surface area contributed by atoms with Crippen LogP contribution in [0.1, 0.15) is 24.5 Å². The van der Waals surface area contributed by atoms with Gasteiger partial charge in [-0.2, -0.15) is 0 Å². The Bertz CT molecular complexity index is 626. The average Bonchev–Trinajstić information content (AvgIpc) is 3.26. The van der Waals surface area contributed by atoms with Gasteiger partial charge >= 0.3 is 0 Å². The Balaban J connectivity index is 2.07. The SMILES string of the molecule is CNc1cc(C2CC2)nc(-c2ccc(F)c(Br)c2)n1. The van der Waals surface area contributed by atoms with Gasteiger partial charge < -0.3 is 5.32 Å². The molecule has 1 N–H and O–H groups in total. The lowest BCUT2D eigenvalue weighted by Crippen LogP contribution is -2.00. The van der Waals surface area contributed by atoms with Crippen molar-refractivity contribution in [1.82, 2.24) is 9.97 Å². The molecule has 2 aromatic rings. The van der Waals surface area contributed by atoms with Gasteiger partial charge in [0.1, 0.15) is 11.6 Å². The van der Waals surface area contributed by atoms with Crippen molar-refractivity contribution in [3.05, 3.63) is 40.2 Å². The summed E-state index contributed by atoms with van der Waals surface area (Å²) in [7, 11) is 1.84. The smallest absolute Gasteiger partial charge is 0.161 e. The first-order chi connectivity index (χ1) is 9.17. The van der Waals surface area contributed by atoms with E-state index in [4.69, 9.17) is 0 Å². The first kappa shape index (κ1) is 12.5. The zero-order valence-corrected chi connectivity index (χ0v) is 12.0. The third-order valence-electron chi connectivity index (χ3n) is 3.18. The van der Waals surface area contributed by atoms with Crippen LogP contribution >= 0.6 is 15.9 Å². The van der Waals surface area contributed by atoms with E-state index in [1.165, 1.54) is 18.9 Å². The Morgan fingerprint density at radius 1 is 1.26 bits per heavy atom. The molecule has 19 heavy (non-hydrogen) atoms. The Kier molecular flexibility index (Phi) is 3.22. The summed E-state index contributed by atoms with van der Waals surface area (Å²) in [4.78, 5) is 9.03. The van der Waals surface area contributed by atoms with Gasteiger partial charge in [0.15, 0.2) is 5.82 Å². The highest BCUT2D eigenvalue weighted by Gasteiger charge is 2.26. The Labute approximate surface area is 119 Å². The predicted octanol–water partition coefficient (Wildman–Crippen LogP) is 3.96. The molecule has 0 spiro atoms. The number of hydrogen-bond acceptors (Lipinski definition) is 3. The van der Waals surface area contributed by atoms with E-state index in [0.717, 1.165) is 17.1 Å². The largest absolute Gasteiger partial charge is 0.373 e. The first-order valence-electron chi connectivity index (χ1n) is 6.19. The monoisotopic (exact) mass is 321 g/mol. The summed E-state index contributed by atoms with van der Waals surface area (Å²) in [5.41, 5.74) is 1.88. The summed E-state index contributed by atoms with van der Waals surface area (Å²) in [6.45, 7) is 0. The van der Waals surface area contributed by atoms with E-state index < -0.39 is 0 Å². The molecular weight excluding hydrogens is 309 g/mol. The van der Waals surface area contributed by atoms with Crippen LogP contribution in [0.5, 0.6) is 0 Å². The maximum Gasteiger partial charge on any atom is 0.161 e. The van der Waals surface area contributed by atoms with Gasteiger partial charge in [-0.05, 0) is 47.0 Å². The molecule has 0 amide bonds.